The van der Waals surface area contributed by atoms with E-state index >= 15 is 0 Å². The fourth-order valence-corrected chi connectivity index (χ4v) is 4.62. The van der Waals surface area contributed by atoms with Crippen LogP contribution in [0, 0.1) is 0 Å². The minimum atomic E-state index is -4.10. The Morgan fingerprint density at radius 2 is 1.97 bits per heavy atom. The van der Waals surface area contributed by atoms with E-state index in [0.717, 1.165) is 3.97 Å². The number of benzene rings is 1. The van der Waals surface area contributed by atoms with Crippen LogP contribution < -0.4 is 9.47 Å². The Morgan fingerprint density at radius 3 is 2.70 bits per heavy atom. The van der Waals surface area contributed by atoms with Crippen LogP contribution in [0.25, 0.3) is 11.0 Å². The third kappa shape index (κ3) is 3.47. The van der Waals surface area contributed by atoms with Crippen molar-refractivity contribution < 1.29 is 32.5 Å². The molecule has 4 rings (SSSR count). The summed E-state index contributed by atoms with van der Waals surface area (Å²) in [5.74, 6) is -0.407. The van der Waals surface area contributed by atoms with Gasteiger partial charge in [0.2, 0.25) is 6.79 Å². The zero-order chi connectivity index (χ0) is 21.7. The van der Waals surface area contributed by atoms with Gasteiger partial charge >= 0.3 is 5.97 Å². The second kappa shape index (κ2) is 7.15. The van der Waals surface area contributed by atoms with Crippen LogP contribution in [0.15, 0.2) is 41.3 Å². The van der Waals surface area contributed by atoms with Crippen molar-refractivity contribution >= 4 is 38.6 Å². The normalized spacial score (nSPS) is 13.7. The predicted molar refractivity (Wildman–Crippen MR) is 106 cm³/mol. The number of hydrogen-bond acceptors (Lipinski definition) is 7. The third-order valence-electron chi connectivity index (χ3n) is 4.63. The zero-order valence-electron chi connectivity index (χ0n) is 16.0. The Balaban J connectivity index is 1.84. The summed E-state index contributed by atoms with van der Waals surface area (Å²) < 4.78 is 44.1. The van der Waals surface area contributed by atoms with Gasteiger partial charge in [-0.3, -0.25) is 0 Å². The molecule has 0 aliphatic carbocycles. The molecule has 0 amide bonds. The van der Waals surface area contributed by atoms with E-state index in [4.69, 9.17) is 25.8 Å². The summed E-state index contributed by atoms with van der Waals surface area (Å²) in [7, 11) is -4.10. The molecule has 0 bridgehead atoms. The number of ether oxygens (including phenoxy) is 3. The maximum Gasteiger partial charge on any atom is 0.335 e. The van der Waals surface area contributed by atoms with E-state index in [1.54, 1.807) is 0 Å². The molecule has 0 unspecified atom stereocenters. The average Bonchev–Trinajstić information content (AvgIpc) is 3.29. The quantitative estimate of drug-likeness (QED) is 0.567. The number of carboxylic acids is 1. The SMILES string of the molecule is CC(C)(OCc1cc2nc(Cl)ccc2n1S(=O)(=O)c1ccc2c(c1)OCO2)C(=O)O. The topological polar surface area (TPSA) is 117 Å². The summed E-state index contributed by atoms with van der Waals surface area (Å²) in [6.45, 7) is 2.49. The number of aliphatic carboxylic acids is 1. The van der Waals surface area contributed by atoms with Crippen LogP contribution in [-0.4, -0.2) is 40.8 Å². The lowest BCUT2D eigenvalue weighted by Gasteiger charge is -2.20. The Hall–Kier alpha value is -2.82. The van der Waals surface area contributed by atoms with Gasteiger partial charge in [-0.25, -0.2) is 22.2 Å². The molecule has 0 saturated carbocycles. The highest BCUT2D eigenvalue weighted by atomic mass is 35.5. The number of aromatic nitrogens is 2. The van der Waals surface area contributed by atoms with Crippen LogP contribution in [0.5, 0.6) is 11.5 Å². The highest BCUT2D eigenvalue weighted by Crippen LogP contribution is 2.35. The average molecular weight is 453 g/mol. The molecule has 0 saturated heterocycles. The minimum Gasteiger partial charge on any atom is -0.479 e. The minimum absolute atomic E-state index is 0.0110. The molecular formula is C19H17ClN2O7S. The maximum atomic E-state index is 13.5. The van der Waals surface area contributed by atoms with E-state index in [1.165, 1.54) is 50.2 Å². The molecule has 158 valence electrons. The first kappa shape index (κ1) is 20.5. The molecular weight excluding hydrogens is 436 g/mol. The lowest BCUT2D eigenvalue weighted by molar-refractivity contribution is -0.162. The van der Waals surface area contributed by atoms with Gasteiger partial charge in [-0.2, -0.15) is 0 Å². The van der Waals surface area contributed by atoms with Crippen molar-refractivity contribution in [3.63, 3.8) is 0 Å². The first-order valence-corrected chi connectivity index (χ1v) is 10.6. The van der Waals surface area contributed by atoms with Crippen molar-refractivity contribution in [1.82, 2.24) is 8.96 Å². The molecule has 3 aromatic rings. The van der Waals surface area contributed by atoms with Gasteiger partial charge in [-0.15, -0.1) is 0 Å². The number of carboxylic acid groups (broad SMARTS) is 1. The molecule has 1 aromatic carbocycles. The van der Waals surface area contributed by atoms with Crippen molar-refractivity contribution in [3.8, 4) is 11.5 Å². The molecule has 0 atom stereocenters. The first-order chi connectivity index (χ1) is 14.1. The van der Waals surface area contributed by atoms with E-state index in [2.05, 4.69) is 4.98 Å². The second-order valence-corrected chi connectivity index (χ2v) is 9.24. The van der Waals surface area contributed by atoms with E-state index in [1.807, 2.05) is 0 Å². The lowest BCUT2D eigenvalue weighted by atomic mass is 10.1. The van der Waals surface area contributed by atoms with Crippen molar-refractivity contribution in [3.05, 3.63) is 47.2 Å². The van der Waals surface area contributed by atoms with Crippen LogP contribution in [0.3, 0.4) is 0 Å². The number of fused-ring (bicyclic) bond motifs is 2. The number of nitrogens with zero attached hydrogens (tertiary/aromatic N) is 2. The molecule has 0 spiro atoms. The summed E-state index contributed by atoms with van der Waals surface area (Å²) in [5, 5.41) is 9.48. The van der Waals surface area contributed by atoms with E-state index in [9.17, 15) is 18.3 Å². The second-order valence-electron chi connectivity index (χ2n) is 7.06. The maximum absolute atomic E-state index is 13.5. The van der Waals surface area contributed by atoms with Gasteiger partial charge in [0, 0.05) is 6.07 Å². The third-order valence-corrected chi connectivity index (χ3v) is 6.60. The van der Waals surface area contributed by atoms with Gasteiger partial charge in [-0.1, -0.05) is 11.6 Å². The molecule has 3 heterocycles. The molecule has 0 radical (unpaired) electrons. The smallest absolute Gasteiger partial charge is 0.335 e. The van der Waals surface area contributed by atoms with Crippen molar-refractivity contribution in [2.75, 3.05) is 6.79 Å². The summed E-state index contributed by atoms with van der Waals surface area (Å²) >= 11 is 5.96. The van der Waals surface area contributed by atoms with Gasteiger partial charge in [0.25, 0.3) is 10.0 Å². The molecule has 0 fully saturated rings. The fraction of sp³-hybridized carbons (Fsp3) is 0.263. The van der Waals surface area contributed by atoms with Gasteiger partial charge < -0.3 is 19.3 Å². The van der Waals surface area contributed by atoms with Crippen LogP contribution in [0.4, 0.5) is 0 Å². The molecule has 2 aromatic heterocycles. The molecule has 11 heteroatoms. The summed E-state index contributed by atoms with van der Waals surface area (Å²) in [6.07, 6.45) is 0. The summed E-state index contributed by atoms with van der Waals surface area (Å²) in [4.78, 5) is 15.5. The molecule has 9 nitrogen and oxygen atoms in total. The Morgan fingerprint density at radius 1 is 1.23 bits per heavy atom. The highest BCUT2D eigenvalue weighted by molar-refractivity contribution is 7.90. The Kier molecular flexibility index (Phi) is 4.88. The lowest BCUT2D eigenvalue weighted by Crippen LogP contribution is -2.34. The van der Waals surface area contributed by atoms with Crippen LogP contribution >= 0.6 is 11.6 Å². The monoisotopic (exact) mass is 452 g/mol. The molecule has 1 aliphatic rings. The van der Waals surface area contributed by atoms with E-state index in [-0.39, 0.29) is 34.7 Å². The van der Waals surface area contributed by atoms with Gasteiger partial charge in [-0.05, 0) is 44.2 Å². The number of hydrogen-bond donors (Lipinski definition) is 1. The van der Waals surface area contributed by atoms with Crippen LogP contribution in [0.2, 0.25) is 5.15 Å². The molecule has 1 N–H and O–H groups in total. The van der Waals surface area contributed by atoms with Gasteiger partial charge in [0.05, 0.1) is 28.2 Å². The van der Waals surface area contributed by atoms with Crippen molar-refractivity contribution in [1.29, 1.82) is 0 Å². The van der Waals surface area contributed by atoms with Crippen LogP contribution in [-0.2, 0) is 26.2 Å². The Labute approximate surface area is 176 Å². The molecule has 30 heavy (non-hydrogen) atoms. The highest BCUT2D eigenvalue weighted by Gasteiger charge is 2.31. The summed E-state index contributed by atoms with van der Waals surface area (Å²) in [5.41, 5.74) is -0.705. The fourth-order valence-electron chi connectivity index (χ4n) is 2.93. The number of rotatable bonds is 6. The standard InChI is InChI=1S/C19H17ClN2O7S/c1-19(2,18(23)24)29-9-11-7-13-14(4-6-17(20)21-13)22(11)30(25,26)12-3-5-15-16(8-12)28-10-27-15/h3-8H,9-10H2,1-2H3,(H,23,24). The molecule has 1 aliphatic heterocycles. The van der Waals surface area contributed by atoms with E-state index in [0.29, 0.717) is 17.0 Å². The Bertz CT molecular complexity index is 1270. The van der Waals surface area contributed by atoms with E-state index < -0.39 is 21.6 Å². The van der Waals surface area contributed by atoms with Crippen LogP contribution in [0.1, 0.15) is 19.5 Å². The zero-order valence-corrected chi connectivity index (χ0v) is 17.5. The van der Waals surface area contributed by atoms with Crippen molar-refractivity contribution in [2.45, 2.75) is 31.0 Å². The van der Waals surface area contributed by atoms with Gasteiger partial charge in [0.15, 0.2) is 17.1 Å². The number of halogens is 1. The largest absolute Gasteiger partial charge is 0.479 e. The number of pyridine rings is 1. The predicted octanol–water partition coefficient (Wildman–Crippen LogP) is 3.04. The number of carbonyl (C=O) groups is 1. The van der Waals surface area contributed by atoms with Gasteiger partial charge in [0.1, 0.15) is 5.15 Å². The first-order valence-electron chi connectivity index (χ1n) is 8.79. The van der Waals surface area contributed by atoms with Crippen molar-refractivity contribution in [2.24, 2.45) is 0 Å². The summed E-state index contributed by atoms with van der Waals surface area (Å²) in [6, 6.07) is 8.80.